The molecule has 0 unspecified atom stereocenters. The van der Waals surface area contributed by atoms with Crippen molar-refractivity contribution in [3.63, 3.8) is 0 Å². The smallest absolute Gasteiger partial charge is 0.240 e. The van der Waals surface area contributed by atoms with Crippen molar-refractivity contribution in [3.05, 3.63) is 29.3 Å². The van der Waals surface area contributed by atoms with Gasteiger partial charge in [0, 0.05) is 44.3 Å². The third kappa shape index (κ3) is 7.46. The van der Waals surface area contributed by atoms with Crippen molar-refractivity contribution in [2.45, 2.75) is 11.3 Å². The van der Waals surface area contributed by atoms with Crippen LogP contribution in [0.3, 0.4) is 0 Å². The van der Waals surface area contributed by atoms with Gasteiger partial charge < -0.3 is 15.8 Å². The van der Waals surface area contributed by atoms with Crippen LogP contribution in [0.15, 0.2) is 34.2 Å². The van der Waals surface area contributed by atoms with Gasteiger partial charge in [-0.1, -0.05) is 17.7 Å². The Morgan fingerprint density at radius 1 is 1.31 bits per heavy atom. The van der Waals surface area contributed by atoms with Crippen LogP contribution in [0.1, 0.15) is 6.42 Å². The minimum atomic E-state index is -3.58. The quantitative estimate of drug-likeness (QED) is 0.309. The number of nitrogens with two attached hydrogens (primary N) is 1. The molecule has 0 aromatic heterocycles. The van der Waals surface area contributed by atoms with E-state index < -0.39 is 10.0 Å². The van der Waals surface area contributed by atoms with E-state index in [4.69, 9.17) is 22.1 Å². The molecule has 0 saturated carbocycles. The third-order valence-electron chi connectivity index (χ3n) is 3.85. The molecule has 1 saturated heterocycles. The van der Waals surface area contributed by atoms with E-state index in [1.807, 2.05) is 0 Å². The fraction of sp³-hybridized carbons (Fsp3) is 0.562. The van der Waals surface area contributed by atoms with E-state index in [9.17, 15) is 8.42 Å². The maximum Gasteiger partial charge on any atom is 0.240 e. The largest absolute Gasteiger partial charge is 0.379 e. The monoisotopic (exact) mass is 403 g/mol. The van der Waals surface area contributed by atoms with E-state index in [1.165, 1.54) is 12.1 Å². The van der Waals surface area contributed by atoms with Gasteiger partial charge in [-0.25, -0.2) is 13.1 Å². The molecular weight excluding hydrogens is 378 g/mol. The SMILES string of the molecule is NC(=NCCCN1CCOCC1)NCCNS(=O)(=O)c1cccc(Cl)c1. The molecule has 26 heavy (non-hydrogen) atoms. The number of nitrogens with one attached hydrogen (secondary N) is 2. The number of morpholine rings is 1. The van der Waals surface area contributed by atoms with Crippen LogP contribution in [-0.2, 0) is 14.8 Å². The lowest BCUT2D eigenvalue weighted by molar-refractivity contribution is 0.0377. The summed E-state index contributed by atoms with van der Waals surface area (Å²) in [7, 11) is -3.58. The van der Waals surface area contributed by atoms with E-state index in [2.05, 4.69) is 19.9 Å². The van der Waals surface area contributed by atoms with E-state index in [1.54, 1.807) is 12.1 Å². The summed E-state index contributed by atoms with van der Waals surface area (Å²) < 4.78 is 32.0. The van der Waals surface area contributed by atoms with Crippen LogP contribution >= 0.6 is 11.6 Å². The Balaban J connectivity index is 1.62. The topological polar surface area (TPSA) is 109 Å². The maximum atomic E-state index is 12.1. The first-order valence-electron chi connectivity index (χ1n) is 8.56. The molecule has 4 N–H and O–H groups in total. The predicted molar refractivity (Wildman–Crippen MR) is 103 cm³/mol. The van der Waals surface area contributed by atoms with E-state index in [-0.39, 0.29) is 11.4 Å². The molecule has 8 nitrogen and oxygen atoms in total. The molecule has 1 heterocycles. The normalized spacial score (nSPS) is 16.6. The fourth-order valence-electron chi connectivity index (χ4n) is 2.47. The summed E-state index contributed by atoms with van der Waals surface area (Å²) in [4.78, 5) is 6.72. The minimum Gasteiger partial charge on any atom is -0.379 e. The molecule has 0 atom stereocenters. The molecule has 0 aliphatic carbocycles. The highest BCUT2D eigenvalue weighted by Gasteiger charge is 2.13. The highest BCUT2D eigenvalue weighted by atomic mass is 35.5. The molecule has 146 valence electrons. The van der Waals surface area contributed by atoms with Gasteiger partial charge in [0.05, 0.1) is 18.1 Å². The Kier molecular flexibility index (Phi) is 8.60. The highest BCUT2D eigenvalue weighted by Crippen LogP contribution is 2.14. The Bertz CT molecular complexity index is 693. The van der Waals surface area contributed by atoms with E-state index in [0.717, 1.165) is 39.3 Å². The Hall–Kier alpha value is -1.39. The molecule has 1 aliphatic rings. The van der Waals surface area contributed by atoms with Crippen LogP contribution in [0.4, 0.5) is 0 Å². The average Bonchev–Trinajstić information content (AvgIpc) is 2.63. The number of aliphatic imine (C=N–C) groups is 1. The second-order valence-corrected chi connectivity index (χ2v) is 8.06. The van der Waals surface area contributed by atoms with E-state index >= 15 is 0 Å². The molecule has 10 heteroatoms. The molecule has 0 bridgehead atoms. The van der Waals surface area contributed by atoms with Crippen LogP contribution < -0.4 is 15.8 Å². The number of halogens is 1. The summed E-state index contributed by atoms with van der Waals surface area (Å²) in [5.41, 5.74) is 5.78. The Morgan fingerprint density at radius 2 is 2.08 bits per heavy atom. The van der Waals surface area contributed by atoms with Gasteiger partial charge in [0.1, 0.15) is 0 Å². The van der Waals surface area contributed by atoms with Gasteiger partial charge in [-0.3, -0.25) is 9.89 Å². The molecule has 0 amide bonds. The zero-order valence-corrected chi connectivity index (χ0v) is 16.2. The lowest BCUT2D eigenvalue weighted by Crippen LogP contribution is -2.39. The van der Waals surface area contributed by atoms with Crippen molar-refractivity contribution in [1.29, 1.82) is 0 Å². The first-order chi connectivity index (χ1) is 12.5. The van der Waals surface area contributed by atoms with Crippen molar-refractivity contribution in [1.82, 2.24) is 14.9 Å². The molecule has 1 aliphatic heterocycles. The van der Waals surface area contributed by atoms with Gasteiger partial charge in [-0.05, 0) is 24.6 Å². The molecule has 1 aromatic rings. The Labute approximate surface area is 159 Å². The van der Waals surface area contributed by atoms with Gasteiger partial charge in [0.2, 0.25) is 10.0 Å². The first kappa shape index (κ1) is 20.9. The number of hydrogen-bond donors (Lipinski definition) is 3. The van der Waals surface area contributed by atoms with E-state index in [0.29, 0.717) is 24.1 Å². The van der Waals surface area contributed by atoms with Gasteiger partial charge in [-0.2, -0.15) is 0 Å². The number of benzene rings is 1. The molecule has 2 rings (SSSR count). The average molecular weight is 404 g/mol. The van der Waals surface area contributed by atoms with Gasteiger partial charge in [0.15, 0.2) is 5.96 Å². The number of hydrogen-bond acceptors (Lipinski definition) is 5. The molecule has 0 spiro atoms. The van der Waals surface area contributed by atoms with Crippen LogP contribution in [0, 0.1) is 0 Å². The number of ether oxygens (including phenoxy) is 1. The second-order valence-electron chi connectivity index (χ2n) is 5.86. The van der Waals surface area contributed by atoms with Crippen LogP contribution in [0.25, 0.3) is 0 Å². The van der Waals surface area contributed by atoms with Crippen LogP contribution in [0.5, 0.6) is 0 Å². The zero-order valence-electron chi connectivity index (χ0n) is 14.7. The lowest BCUT2D eigenvalue weighted by atomic mass is 10.3. The Morgan fingerprint density at radius 3 is 2.81 bits per heavy atom. The van der Waals surface area contributed by atoms with Crippen LogP contribution in [-0.4, -0.2) is 71.8 Å². The summed E-state index contributed by atoms with van der Waals surface area (Å²) in [6, 6.07) is 6.11. The number of sulfonamides is 1. The van der Waals surface area contributed by atoms with Crippen molar-refractivity contribution in [2.75, 3.05) is 52.5 Å². The summed E-state index contributed by atoms with van der Waals surface area (Å²) in [5, 5.41) is 3.27. The molecule has 1 fully saturated rings. The second kappa shape index (κ2) is 10.7. The first-order valence-corrected chi connectivity index (χ1v) is 10.4. The predicted octanol–water partition coefficient (Wildman–Crippen LogP) is 0.245. The fourth-order valence-corrected chi connectivity index (χ4v) is 3.80. The molecule has 0 radical (unpaired) electrons. The van der Waals surface area contributed by atoms with Crippen molar-refractivity contribution in [2.24, 2.45) is 10.7 Å². The number of nitrogens with zero attached hydrogens (tertiary/aromatic N) is 2. The van der Waals surface area contributed by atoms with Crippen molar-refractivity contribution in [3.8, 4) is 0 Å². The van der Waals surface area contributed by atoms with Gasteiger partial charge in [-0.15, -0.1) is 0 Å². The lowest BCUT2D eigenvalue weighted by Gasteiger charge is -2.26. The molecular formula is C16H26ClN5O3S. The highest BCUT2D eigenvalue weighted by molar-refractivity contribution is 7.89. The van der Waals surface area contributed by atoms with Crippen molar-refractivity contribution >= 4 is 27.6 Å². The third-order valence-corrected chi connectivity index (χ3v) is 5.54. The summed E-state index contributed by atoms with van der Waals surface area (Å²) in [6.07, 6.45) is 0.920. The summed E-state index contributed by atoms with van der Waals surface area (Å²) >= 11 is 5.82. The van der Waals surface area contributed by atoms with Gasteiger partial charge >= 0.3 is 0 Å². The van der Waals surface area contributed by atoms with Crippen molar-refractivity contribution < 1.29 is 13.2 Å². The van der Waals surface area contributed by atoms with Gasteiger partial charge in [0.25, 0.3) is 0 Å². The maximum absolute atomic E-state index is 12.1. The summed E-state index contributed by atoms with van der Waals surface area (Å²) in [5.74, 6) is 0.314. The number of rotatable bonds is 9. The minimum absolute atomic E-state index is 0.134. The summed E-state index contributed by atoms with van der Waals surface area (Å²) in [6.45, 7) is 5.64. The zero-order chi connectivity index (χ0) is 18.8. The van der Waals surface area contributed by atoms with Crippen LogP contribution in [0.2, 0.25) is 5.02 Å². The molecule has 1 aromatic carbocycles. The standard InChI is InChI=1S/C16H26ClN5O3S/c17-14-3-1-4-15(13-14)26(23,24)21-7-6-20-16(18)19-5-2-8-22-9-11-25-12-10-22/h1,3-4,13,21H,2,5-12H2,(H3,18,19,20). The number of guanidine groups is 1.